The highest BCUT2D eigenvalue weighted by molar-refractivity contribution is 5.96. The monoisotopic (exact) mass is 333 g/mol. The number of phenolic OH excluding ortho intramolecular Hbond substituents is 1. The number of likely N-dealkylation sites (tertiary alicyclic amines) is 1. The normalized spacial score (nSPS) is 17.2. The molecule has 0 unspecified atom stereocenters. The number of nitrogens with zero attached hydrogens (tertiary/aromatic N) is 1. The Bertz CT molecular complexity index is 551. The molecule has 1 heterocycles. The summed E-state index contributed by atoms with van der Waals surface area (Å²) < 4.78 is 0. The lowest BCUT2D eigenvalue weighted by Crippen LogP contribution is -2.51. The van der Waals surface area contributed by atoms with E-state index in [9.17, 15) is 14.7 Å². The Labute approximate surface area is 143 Å². The zero-order valence-electron chi connectivity index (χ0n) is 14.4. The van der Waals surface area contributed by atoms with Gasteiger partial charge in [0.15, 0.2) is 0 Å². The maximum Gasteiger partial charge on any atom is 0.321 e. The predicted octanol–water partition coefficient (Wildman–Crippen LogP) is 1.88. The molecule has 1 saturated heterocycles. The minimum absolute atomic E-state index is 0.253. The number of hydrogen-bond acceptors (Lipinski definition) is 4. The van der Waals surface area contributed by atoms with E-state index in [1.165, 1.54) is 12.6 Å². The Balaban J connectivity index is 1.73. The van der Waals surface area contributed by atoms with Crippen LogP contribution in [0.3, 0.4) is 0 Å². The highest BCUT2D eigenvalue weighted by Crippen LogP contribution is 2.24. The van der Waals surface area contributed by atoms with Crippen molar-refractivity contribution < 1.29 is 14.7 Å². The molecule has 132 valence electrons. The fourth-order valence-electron chi connectivity index (χ4n) is 3.11. The number of hydrogen-bond donors (Lipinski definition) is 3. The van der Waals surface area contributed by atoms with Crippen LogP contribution in [0.5, 0.6) is 5.75 Å². The van der Waals surface area contributed by atoms with Crippen LogP contribution >= 0.6 is 0 Å². The standard InChI is InChI=1S/C18H27N3O3/c1-13(17(23)20-18(24)19-2)21-11-9-15(10-12-21)4-3-14-5-7-16(22)8-6-14/h5-8,13,15,22H,3-4,9-12H2,1-2H3,(H2,19,20,23,24)/t13-/m0/s1. The van der Waals surface area contributed by atoms with Crippen LogP contribution < -0.4 is 10.6 Å². The van der Waals surface area contributed by atoms with Crippen molar-refractivity contribution >= 4 is 11.9 Å². The number of rotatable bonds is 5. The van der Waals surface area contributed by atoms with Gasteiger partial charge in [0.05, 0.1) is 6.04 Å². The number of phenols is 1. The summed E-state index contributed by atoms with van der Waals surface area (Å²) in [5.74, 6) is 0.706. The van der Waals surface area contributed by atoms with Gasteiger partial charge in [0.1, 0.15) is 5.75 Å². The molecular weight excluding hydrogens is 306 g/mol. The van der Waals surface area contributed by atoms with Gasteiger partial charge in [-0.25, -0.2) is 4.79 Å². The van der Waals surface area contributed by atoms with Crippen LogP contribution in [0.25, 0.3) is 0 Å². The molecule has 1 aromatic carbocycles. The Morgan fingerprint density at radius 2 is 1.88 bits per heavy atom. The van der Waals surface area contributed by atoms with Crippen molar-refractivity contribution in [2.75, 3.05) is 20.1 Å². The third-order valence-corrected chi connectivity index (χ3v) is 4.82. The maximum absolute atomic E-state index is 12.0. The molecule has 0 aliphatic carbocycles. The van der Waals surface area contributed by atoms with E-state index in [1.54, 1.807) is 12.1 Å². The molecule has 6 heteroatoms. The van der Waals surface area contributed by atoms with Gasteiger partial charge in [-0.05, 0) is 69.3 Å². The number of carbonyl (C=O) groups excluding carboxylic acids is 2. The lowest BCUT2D eigenvalue weighted by Gasteiger charge is -2.35. The van der Waals surface area contributed by atoms with Crippen LogP contribution in [0.4, 0.5) is 4.79 Å². The van der Waals surface area contributed by atoms with Crippen LogP contribution in [0, 0.1) is 5.92 Å². The molecule has 0 radical (unpaired) electrons. The smallest absolute Gasteiger partial charge is 0.321 e. The molecule has 6 nitrogen and oxygen atoms in total. The molecule has 3 amide bonds. The first-order valence-electron chi connectivity index (χ1n) is 8.54. The van der Waals surface area contributed by atoms with Crippen molar-refractivity contribution in [1.82, 2.24) is 15.5 Å². The van der Waals surface area contributed by atoms with E-state index >= 15 is 0 Å². The van der Waals surface area contributed by atoms with E-state index < -0.39 is 6.03 Å². The van der Waals surface area contributed by atoms with Crippen LogP contribution in [0.2, 0.25) is 0 Å². The lowest BCUT2D eigenvalue weighted by atomic mass is 9.90. The number of aromatic hydroxyl groups is 1. The number of carbonyl (C=O) groups is 2. The maximum atomic E-state index is 12.0. The minimum Gasteiger partial charge on any atom is -0.508 e. The zero-order valence-corrected chi connectivity index (χ0v) is 14.4. The van der Waals surface area contributed by atoms with Gasteiger partial charge in [-0.2, -0.15) is 0 Å². The first-order valence-corrected chi connectivity index (χ1v) is 8.54. The van der Waals surface area contributed by atoms with Crippen molar-refractivity contribution in [3.8, 4) is 5.75 Å². The number of nitrogens with one attached hydrogen (secondary N) is 2. The SMILES string of the molecule is CNC(=O)NC(=O)[C@H](C)N1CCC(CCc2ccc(O)cc2)CC1. The second-order valence-electron chi connectivity index (χ2n) is 6.43. The van der Waals surface area contributed by atoms with E-state index in [-0.39, 0.29) is 11.9 Å². The molecule has 0 spiro atoms. The second-order valence-corrected chi connectivity index (χ2v) is 6.43. The number of urea groups is 1. The average molecular weight is 333 g/mol. The minimum atomic E-state index is -0.462. The van der Waals surface area contributed by atoms with Gasteiger partial charge in [0.25, 0.3) is 0 Å². The quantitative estimate of drug-likeness (QED) is 0.768. The molecule has 2 rings (SSSR count). The molecule has 1 aromatic rings. The first kappa shape index (κ1) is 18.3. The Kier molecular flexibility index (Phi) is 6.61. The molecule has 1 aliphatic rings. The Hall–Kier alpha value is -2.08. The number of benzene rings is 1. The third-order valence-electron chi connectivity index (χ3n) is 4.82. The number of piperidine rings is 1. The Morgan fingerprint density at radius 1 is 1.25 bits per heavy atom. The highest BCUT2D eigenvalue weighted by Gasteiger charge is 2.27. The summed E-state index contributed by atoms with van der Waals surface area (Å²) in [4.78, 5) is 25.4. The molecule has 0 bridgehead atoms. The van der Waals surface area contributed by atoms with Crippen LogP contribution in [0.1, 0.15) is 31.7 Å². The summed E-state index contributed by atoms with van der Waals surface area (Å²) in [5, 5.41) is 14.0. The number of aryl methyl sites for hydroxylation is 1. The molecule has 24 heavy (non-hydrogen) atoms. The van der Waals surface area contributed by atoms with Gasteiger partial charge < -0.3 is 10.4 Å². The van der Waals surface area contributed by atoms with Gasteiger partial charge in [-0.3, -0.25) is 15.0 Å². The van der Waals surface area contributed by atoms with Crippen molar-refractivity contribution in [3.05, 3.63) is 29.8 Å². The van der Waals surface area contributed by atoms with Crippen molar-refractivity contribution in [3.63, 3.8) is 0 Å². The van der Waals surface area contributed by atoms with Gasteiger partial charge in [0.2, 0.25) is 5.91 Å². The number of amides is 3. The fraction of sp³-hybridized carbons (Fsp3) is 0.556. The van der Waals surface area contributed by atoms with E-state index in [0.29, 0.717) is 11.7 Å². The van der Waals surface area contributed by atoms with E-state index in [2.05, 4.69) is 15.5 Å². The third kappa shape index (κ3) is 5.23. The topological polar surface area (TPSA) is 81.7 Å². The van der Waals surface area contributed by atoms with Crippen molar-refractivity contribution in [1.29, 1.82) is 0 Å². The summed E-state index contributed by atoms with van der Waals surface area (Å²) in [5.41, 5.74) is 1.24. The predicted molar refractivity (Wildman–Crippen MR) is 92.8 cm³/mol. The van der Waals surface area contributed by atoms with E-state index in [4.69, 9.17) is 0 Å². The van der Waals surface area contributed by atoms with Crippen molar-refractivity contribution in [2.45, 2.75) is 38.6 Å². The molecular formula is C18H27N3O3. The van der Waals surface area contributed by atoms with Gasteiger partial charge in [-0.15, -0.1) is 0 Å². The van der Waals surface area contributed by atoms with Crippen LogP contribution in [0.15, 0.2) is 24.3 Å². The molecule has 0 saturated carbocycles. The summed E-state index contributed by atoms with van der Waals surface area (Å²) >= 11 is 0. The molecule has 1 aliphatic heterocycles. The van der Waals surface area contributed by atoms with Gasteiger partial charge >= 0.3 is 6.03 Å². The largest absolute Gasteiger partial charge is 0.508 e. The highest BCUT2D eigenvalue weighted by atomic mass is 16.3. The number of imide groups is 1. The summed E-state index contributed by atoms with van der Waals surface area (Å²) in [7, 11) is 1.49. The molecule has 3 N–H and O–H groups in total. The zero-order chi connectivity index (χ0) is 17.5. The van der Waals surface area contributed by atoms with Gasteiger partial charge in [0, 0.05) is 7.05 Å². The van der Waals surface area contributed by atoms with Crippen molar-refractivity contribution in [2.24, 2.45) is 5.92 Å². The van der Waals surface area contributed by atoms with Crippen LogP contribution in [-0.4, -0.2) is 48.1 Å². The Morgan fingerprint density at radius 3 is 2.46 bits per heavy atom. The summed E-state index contributed by atoms with van der Waals surface area (Å²) in [6, 6.07) is 6.64. The average Bonchev–Trinajstić information content (AvgIpc) is 2.61. The molecule has 0 aromatic heterocycles. The van der Waals surface area contributed by atoms with E-state index in [0.717, 1.165) is 38.8 Å². The summed E-state index contributed by atoms with van der Waals surface area (Å²) in [6.45, 7) is 3.60. The molecule has 1 atom stereocenters. The van der Waals surface area contributed by atoms with Gasteiger partial charge in [-0.1, -0.05) is 12.1 Å². The fourth-order valence-corrected chi connectivity index (χ4v) is 3.11. The lowest BCUT2D eigenvalue weighted by molar-refractivity contribution is -0.125. The van der Waals surface area contributed by atoms with E-state index in [1.807, 2.05) is 19.1 Å². The second kappa shape index (κ2) is 8.68. The van der Waals surface area contributed by atoms with Crippen LogP contribution in [-0.2, 0) is 11.2 Å². The first-order chi connectivity index (χ1) is 11.5. The summed E-state index contributed by atoms with van der Waals surface area (Å²) in [6.07, 6.45) is 4.26. The molecule has 1 fully saturated rings.